The van der Waals surface area contributed by atoms with Crippen molar-refractivity contribution in [2.75, 3.05) is 0 Å². The average molecular weight is 259 g/mol. The zero-order chi connectivity index (χ0) is 12.0. The van der Waals surface area contributed by atoms with E-state index in [4.69, 9.17) is 10.8 Å². The normalized spacial score (nSPS) is 11.5. The van der Waals surface area contributed by atoms with Crippen LogP contribution in [-0.2, 0) is 17.9 Å². The summed E-state index contributed by atoms with van der Waals surface area (Å²) in [4.78, 5) is 11.3. The fourth-order valence-electron chi connectivity index (χ4n) is 1.40. The standard InChI is InChI=1S/C12H18N2O2.ClH/c1-9(13)5-12(16)14-7-10-3-2-4-11(6-10)8-15;/h2-4,6,9,15H,5,7-8,13H2,1H3,(H,14,16);1H. The van der Waals surface area contributed by atoms with Gasteiger partial charge in [0.05, 0.1) is 6.61 Å². The Morgan fingerprint density at radius 1 is 1.47 bits per heavy atom. The number of nitrogens with two attached hydrogens (primary N) is 1. The molecule has 0 fully saturated rings. The van der Waals surface area contributed by atoms with E-state index in [0.717, 1.165) is 11.1 Å². The third-order valence-corrected chi connectivity index (χ3v) is 2.17. The van der Waals surface area contributed by atoms with Crippen LogP contribution in [0.15, 0.2) is 24.3 Å². The third-order valence-electron chi connectivity index (χ3n) is 2.17. The van der Waals surface area contributed by atoms with Gasteiger partial charge in [0, 0.05) is 19.0 Å². The van der Waals surface area contributed by atoms with Crippen molar-refractivity contribution in [3.63, 3.8) is 0 Å². The van der Waals surface area contributed by atoms with Crippen LogP contribution >= 0.6 is 12.4 Å². The molecule has 1 atom stereocenters. The zero-order valence-corrected chi connectivity index (χ0v) is 10.7. The highest BCUT2D eigenvalue weighted by molar-refractivity contribution is 5.85. The molecule has 1 amide bonds. The van der Waals surface area contributed by atoms with E-state index in [2.05, 4.69) is 5.32 Å². The SMILES string of the molecule is CC(N)CC(=O)NCc1cccc(CO)c1.Cl. The van der Waals surface area contributed by atoms with Gasteiger partial charge in [0.25, 0.3) is 0 Å². The van der Waals surface area contributed by atoms with Gasteiger partial charge >= 0.3 is 0 Å². The van der Waals surface area contributed by atoms with Gasteiger partial charge in [0.2, 0.25) is 5.91 Å². The number of benzene rings is 1. The number of aliphatic hydroxyl groups excluding tert-OH is 1. The van der Waals surface area contributed by atoms with Crippen molar-refractivity contribution in [1.29, 1.82) is 0 Å². The van der Waals surface area contributed by atoms with Gasteiger partial charge in [-0.2, -0.15) is 0 Å². The molecule has 17 heavy (non-hydrogen) atoms. The highest BCUT2D eigenvalue weighted by atomic mass is 35.5. The molecule has 1 aromatic rings. The zero-order valence-electron chi connectivity index (χ0n) is 9.85. The largest absolute Gasteiger partial charge is 0.392 e. The quantitative estimate of drug-likeness (QED) is 0.736. The van der Waals surface area contributed by atoms with Gasteiger partial charge in [0.1, 0.15) is 0 Å². The van der Waals surface area contributed by atoms with Gasteiger partial charge in [-0.3, -0.25) is 4.79 Å². The Bertz CT molecular complexity index is 356. The summed E-state index contributed by atoms with van der Waals surface area (Å²) in [6.07, 6.45) is 0.333. The lowest BCUT2D eigenvalue weighted by atomic mass is 10.1. The minimum atomic E-state index is -0.122. The molecule has 0 aromatic heterocycles. The molecule has 1 aromatic carbocycles. The summed E-state index contributed by atoms with van der Waals surface area (Å²) in [5.74, 6) is -0.0515. The topological polar surface area (TPSA) is 75.4 Å². The van der Waals surface area contributed by atoms with Crippen molar-refractivity contribution >= 4 is 18.3 Å². The monoisotopic (exact) mass is 258 g/mol. The molecule has 0 bridgehead atoms. The Morgan fingerprint density at radius 3 is 2.71 bits per heavy atom. The van der Waals surface area contributed by atoms with Gasteiger partial charge < -0.3 is 16.2 Å². The molecule has 96 valence electrons. The van der Waals surface area contributed by atoms with Crippen molar-refractivity contribution in [2.24, 2.45) is 5.73 Å². The second-order valence-corrected chi connectivity index (χ2v) is 3.94. The van der Waals surface area contributed by atoms with Crippen molar-refractivity contribution < 1.29 is 9.90 Å². The Kier molecular flexibility index (Phi) is 7.54. The first-order chi connectivity index (χ1) is 7.61. The van der Waals surface area contributed by atoms with Crippen molar-refractivity contribution in [1.82, 2.24) is 5.32 Å². The molecule has 0 heterocycles. The third kappa shape index (κ3) is 6.26. The van der Waals surface area contributed by atoms with Gasteiger partial charge in [-0.25, -0.2) is 0 Å². The minimum Gasteiger partial charge on any atom is -0.392 e. The molecule has 4 nitrogen and oxygen atoms in total. The number of carbonyl (C=O) groups excluding carboxylic acids is 1. The molecular weight excluding hydrogens is 240 g/mol. The smallest absolute Gasteiger partial charge is 0.221 e. The summed E-state index contributed by atoms with van der Waals surface area (Å²) in [5.41, 5.74) is 7.34. The first kappa shape index (κ1) is 15.9. The number of halogens is 1. The van der Waals surface area contributed by atoms with Crippen LogP contribution in [0.2, 0.25) is 0 Å². The molecule has 0 radical (unpaired) electrons. The van der Waals surface area contributed by atoms with Crippen LogP contribution < -0.4 is 11.1 Å². The predicted molar refractivity (Wildman–Crippen MR) is 69.7 cm³/mol. The molecule has 5 heteroatoms. The Balaban J connectivity index is 0.00000256. The number of carbonyl (C=O) groups is 1. The van der Waals surface area contributed by atoms with Crippen LogP contribution in [0, 0.1) is 0 Å². The lowest BCUT2D eigenvalue weighted by molar-refractivity contribution is -0.121. The number of hydrogen-bond acceptors (Lipinski definition) is 3. The number of amides is 1. The van der Waals surface area contributed by atoms with E-state index in [1.807, 2.05) is 24.3 Å². The summed E-state index contributed by atoms with van der Waals surface area (Å²) in [6, 6.07) is 7.35. The maximum Gasteiger partial charge on any atom is 0.221 e. The summed E-state index contributed by atoms with van der Waals surface area (Å²) in [6.45, 7) is 2.28. The number of aliphatic hydroxyl groups is 1. The van der Waals surface area contributed by atoms with Gasteiger partial charge in [-0.15, -0.1) is 12.4 Å². The van der Waals surface area contributed by atoms with Crippen LogP contribution in [-0.4, -0.2) is 17.1 Å². The highest BCUT2D eigenvalue weighted by Crippen LogP contribution is 2.04. The number of rotatable bonds is 5. The Morgan fingerprint density at radius 2 is 2.12 bits per heavy atom. The van der Waals surface area contributed by atoms with Gasteiger partial charge in [-0.05, 0) is 18.1 Å². The molecule has 4 N–H and O–H groups in total. The van der Waals surface area contributed by atoms with Crippen LogP contribution in [0.1, 0.15) is 24.5 Å². The molecule has 0 aliphatic rings. The van der Waals surface area contributed by atoms with Crippen LogP contribution in [0.4, 0.5) is 0 Å². The van der Waals surface area contributed by atoms with E-state index in [9.17, 15) is 4.79 Å². The van der Waals surface area contributed by atoms with Gasteiger partial charge in [0.15, 0.2) is 0 Å². The van der Waals surface area contributed by atoms with E-state index in [-0.39, 0.29) is 31.0 Å². The average Bonchev–Trinajstić information content (AvgIpc) is 2.26. The van der Waals surface area contributed by atoms with Crippen molar-refractivity contribution in [3.05, 3.63) is 35.4 Å². The van der Waals surface area contributed by atoms with E-state index < -0.39 is 0 Å². The predicted octanol–water partition coefficient (Wildman–Crippen LogP) is 0.954. The van der Waals surface area contributed by atoms with E-state index in [1.54, 1.807) is 6.92 Å². The lowest BCUT2D eigenvalue weighted by Gasteiger charge is -2.08. The second kappa shape index (κ2) is 8.06. The molecule has 0 spiro atoms. The molecule has 0 aliphatic heterocycles. The number of nitrogens with one attached hydrogen (secondary N) is 1. The maximum atomic E-state index is 11.3. The van der Waals surface area contributed by atoms with Crippen LogP contribution in [0.5, 0.6) is 0 Å². The molecule has 0 aliphatic carbocycles. The summed E-state index contributed by atoms with van der Waals surface area (Å²) in [5, 5.41) is 11.7. The highest BCUT2D eigenvalue weighted by Gasteiger charge is 2.04. The molecular formula is C12H19ClN2O2. The first-order valence-corrected chi connectivity index (χ1v) is 5.32. The Labute approximate surface area is 108 Å². The number of hydrogen-bond donors (Lipinski definition) is 3. The van der Waals surface area contributed by atoms with Crippen LogP contribution in [0.25, 0.3) is 0 Å². The van der Waals surface area contributed by atoms with E-state index >= 15 is 0 Å². The van der Waals surface area contributed by atoms with Crippen molar-refractivity contribution in [3.8, 4) is 0 Å². The summed E-state index contributed by atoms with van der Waals surface area (Å²) < 4.78 is 0. The fraction of sp³-hybridized carbons (Fsp3) is 0.417. The molecule has 0 saturated heterocycles. The van der Waals surface area contributed by atoms with E-state index in [0.29, 0.717) is 13.0 Å². The molecule has 0 saturated carbocycles. The minimum absolute atomic E-state index is 0. The fourth-order valence-corrected chi connectivity index (χ4v) is 1.40. The van der Waals surface area contributed by atoms with Gasteiger partial charge in [-0.1, -0.05) is 24.3 Å². The van der Waals surface area contributed by atoms with Crippen LogP contribution in [0.3, 0.4) is 0 Å². The second-order valence-electron chi connectivity index (χ2n) is 3.94. The summed E-state index contributed by atoms with van der Waals surface area (Å²) >= 11 is 0. The Hall–Kier alpha value is -1.10. The van der Waals surface area contributed by atoms with E-state index in [1.165, 1.54) is 0 Å². The summed E-state index contributed by atoms with van der Waals surface area (Å²) in [7, 11) is 0. The molecule has 1 rings (SSSR count). The molecule has 1 unspecified atom stereocenters. The van der Waals surface area contributed by atoms with Crippen molar-refractivity contribution in [2.45, 2.75) is 32.5 Å². The maximum absolute atomic E-state index is 11.3. The first-order valence-electron chi connectivity index (χ1n) is 5.32. The lowest BCUT2D eigenvalue weighted by Crippen LogP contribution is -2.29.